The fraction of sp³-hybridized carbons (Fsp3) is 0.733. The number of hydrogen-bond donors (Lipinski definition) is 6. The van der Waals surface area contributed by atoms with Crippen LogP contribution >= 0.6 is 0 Å². The van der Waals surface area contributed by atoms with Crippen LogP contribution in [0, 0.1) is 5.92 Å². The summed E-state index contributed by atoms with van der Waals surface area (Å²) in [6.07, 6.45) is -9.72. The average Bonchev–Trinajstić information content (AvgIpc) is 2.64. The Bertz CT molecular complexity index is 815. The smallest absolute Gasteiger partial charge is 0.862 e. The first-order chi connectivity index (χ1) is 14.3. The normalized spacial score (nSPS) is 35.9. The van der Waals surface area contributed by atoms with E-state index in [9.17, 15) is 38.7 Å². The minimum atomic E-state index is -5.13. The molecule has 0 aromatic carbocycles. The van der Waals surface area contributed by atoms with Crippen molar-refractivity contribution in [2.24, 2.45) is 10.9 Å². The molecule has 0 saturated carbocycles. The Balaban J connectivity index is 0.00000512. The van der Waals surface area contributed by atoms with E-state index in [2.05, 4.69) is 9.18 Å². The van der Waals surface area contributed by atoms with Crippen molar-refractivity contribution in [1.82, 2.24) is 0 Å². The van der Waals surface area contributed by atoms with E-state index in [0.717, 1.165) is 6.92 Å². The molecule has 0 spiro atoms. The van der Waals surface area contributed by atoms with Crippen molar-refractivity contribution in [3.63, 3.8) is 0 Å². The number of carbonyl (C=O) groups is 1. The molecule has 0 radical (unpaired) electrons. The second kappa shape index (κ2) is 12.0. The van der Waals surface area contributed by atoms with E-state index < -0.39 is 90.2 Å². The Morgan fingerprint density at radius 1 is 1.31 bits per heavy atom. The van der Waals surface area contributed by atoms with Gasteiger partial charge in [0.05, 0.1) is 19.3 Å². The van der Waals surface area contributed by atoms with E-state index in [1.807, 2.05) is 0 Å². The molecule has 1 unspecified atom stereocenters. The summed E-state index contributed by atoms with van der Waals surface area (Å²) in [6, 6.07) is -1.38. The number of aliphatic carboxylic acids is 1. The molecular weight excluding hydrogens is 473 g/mol. The molecule has 0 amide bonds. The van der Waals surface area contributed by atoms with Gasteiger partial charge in [0.2, 0.25) is 12.0 Å². The molecule has 2 rings (SSSR count). The van der Waals surface area contributed by atoms with Gasteiger partial charge in [0.25, 0.3) is 0 Å². The zero-order valence-electron chi connectivity index (χ0n) is 16.9. The van der Waals surface area contributed by atoms with Crippen molar-refractivity contribution in [1.29, 1.82) is 0 Å². The Morgan fingerprint density at radius 2 is 1.94 bits per heavy atom. The summed E-state index contributed by atoms with van der Waals surface area (Å²) in [5.41, 5.74) is 0. The number of ether oxygens (including phenoxy) is 3. The molecule has 178 valence electrons. The van der Waals surface area contributed by atoms with Gasteiger partial charge in [-0.2, -0.15) is 8.42 Å². The summed E-state index contributed by atoms with van der Waals surface area (Å²) in [5.74, 6) is -4.42. The number of aliphatic hydroxyl groups excluding tert-OH is 4. The Kier molecular flexibility index (Phi) is 10.9. The summed E-state index contributed by atoms with van der Waals surface area (Å²) in [4.78, 5) is 14.8. The first-order valence-corrected chi connectivity index (χ1v) is 10.1. The minimum absolute atomic E-state index is 0. The molecule has 0 aromatic rings. The van der Waals surface area contributed by atoms with E-state index in [0.29, 0.717) is 6.08 Å². The molecule has 2 aliphatic heterocycles. The van der Waals surface area contributed by atoms with Crippen molar-refractivity contribution in [3.8, 4) is 0 Å². The van der Waals surface area contributed by atoms with E-state index >= 15 is 0 Å². The first kappa shape index (κ1) is 29.1. The zero-order chi connectivity index (χ0) is 23.5. The summed E-state index contributed by atoms with van der Waals surface area (Å²) < 4.78 is 50.6. The number of rotatable bonds is 8. The van der Waals surface area contributed by atoms with E-state index in [-0.39, 0.29) is 29.6 Å². The average molecular weight is 495 g/mol. The van der Waals surface area contributed by atoms with Gasteiger partial charge in [-0.3, -0.25) is 9.55 Å². The third-order valence-corrected chi connectivity index (χ3v) is 4.91. The molecule has 32 heavy (non-hydrogen) atoms. The van der Waals surface area contributed by atoms with Crippen molar-refractivity contribution in [2.75, 3.05) is 13.2 Å². The fourth-order valence-corrected chi connectivity index (χ4v) is 3.57. The molecule has 15 nitrogen and oxygen atoms in total. The van der Waals surface area contributed by atoms with Gasteiger partial charge in [0.15, 0.2) is 12.4 Å². The van der Waals surface area contributed by atoms with Crippen LogP contribution in [0.3, 0.4) is 0 Å². The van der Waals surface area contributed by atoms with Gasteiger partial charge in [-0.15, -0.1) is 0 Å². The monoisotopic (exact) mass is 495 g/mol. The van der Waals surface area contributed by atoms with Gasteiger partial charge >= 0.3 is 45.9 Å². The number of aliphatic imine (C=N–C) groups is 1. The number of aliphatic hydroxyl groups is 4. The van der Waals surface area contributed by atoms with Gasteiger partial charge in [0.1, 0.15) is 18.2 Å². The molecule has 2 heterocycles. The maximum Gasteiger partial charge on any atom is 1.00 e. The molecule has 0 bridgehead atoms. The molecule has 8 atom stereocenters. The van der Waals surface area contributed by atoms with Gasteiger partial charge in [-0.05, 0) is 18.9 Å². The van der Waals surface area contributed by atoms with Crippen LogP contribution in [0.2, 0.25) is 0 Å². The Hall–Kier alpha value is -0.890. The number of carboxylic acid groups (broad SMARTS) is 1. The zero-order valence-corrected chi connectivity index (χ0v) is 19.7. The SMILES string of the molecule is CC([O-])=N[C@H]1C(O)O[C@H](CO)[C@H](O)[C@@H]1CO[C@@H]1OC(C(=O)O)=C[C@H](O)[C@@H]1OS(=O)(=O)O.[Na+]. The number of hydrogen-bond acceptors (Lipinski definition) is 13. The first-order valence-electron chi connectivity index (χ1n) is 8.75. The van der Waals surface area contributed by atoms with Crippen LogP contribution in [0.4, 0.5) is 0 Å². The van der Waals surface area contributed by atoms with Gasteiger partial charge in [0, 0.05) is 5.92 Å². The quantitative estimate of drug-likeness (QED) is 0.0793. The van der Waals surface area contributed by atoms with Crippen molar-refractivity contribution in [3.05, 3.63) is 11.8 Å². The molecule has 6 N–H and O–H groups in total. The predicted molar refractivity (Wildman–Crippen MR) is 93.3 cm³/mol. The van der Waals surface area contributed by atoms with Crippen LogP contribution in [0.25, 0.3) is 0 Å². The third-order valence-electron chi connectivity index (χ3n) is 4.44. The summed E-state index contributed by atoms with van der Waals surface area (Å²) >= 11 is 0. The molecule has 1 fully saturated rings. The Labute approximate surface area is 204 Å². The second-order valence-electron chi connectivity index (χ2n) is 6.68. The molecule has 0 aliphatic carbocycles. The predicted octanol–water partition coefficient (Wildman–Crippen LogP) is -7.29. The largest absolute Gasteiger partial charge is 1.00 e. The third kappa shape index (κ3) is 7.57. The van der Waals surface area contributed by atoms with Gasteiger partial charge in [-0.1, -0.05) is 0 Å². The summed E-state index contributed by atoms with van der Waals surface area (Å²) in [6.45, 7) is -0.314. The van der Waals surface area contributed by atoms with E-state index in [1.54, 1.807) is 0 Å². The van der Waals surface area contributed by atoms with Crippen LogP contribution in [-0.4, -0.2) is 107 Å². The Morgan fingerprint density at radius 3 is 2.44 bits per heavy atom. The summed E-state index contributed by atoms with van der Waals surface area (Å²) in [5, 5.41) is 60.2. The van der Waals surface area contributed by atoms with Crippen LogP contribution in [0.5, 0.6) is 0 Å². The van der Waals surface area contributed by atoms with E-state index in [4.69, 9.17) is 23.9 Å². The minimum Gasteiger partial charge on any atom is -0.862 e. The van der Waals surface area contributed by atoms with Crippen molar-refractivity contribution >= 4 is 22.3 Å². The van der Waals surface area contributed by atoms with Crippen LogP contribution in [0.1, 0.15) is 6.92 Å². The maximum atomic E-state index is 11.4. The second-order valence-corrected chi connectivity index (χ2v) is 7.72. The van der Waals surface area contributed by atoms with Crippen molar-refractivity contribution < 1.29 is 96.4 Å². The molecular formula is C15H22NNaO14S. The topological polar surface area (TPSA) is 245 Å². The molecule has 1 saturated heterocycles. The van der Waals surface area contributed by atoms with Crippen LogP contribution < -0.4 is 34.7 Å². The molecule has 17 heteroatoms. The van der Waals surface area contributed by atoms with Gasteiger partial charge < -0.3 is 44.8 Å². The molecule has 2 aliphatic rings. The molecule has 0 aromatic heterocycles. The standard InChI is InChI=1S/C15H23NO14S.Na/c1-5(18)16-10-6(11(20)9(3-17)28-14(10)23)4-27-15-12(30-31(24,25)26)7(19)2-8(29-15)13(21)22;/h2,6-7,9-12,14-15,17,19-20,23H,3-4H2,1H3,(H,16,18)(H,21,22)(H,24,25,26);/q;+1/p-1/t6-,7+,9-,10-,11-,12+,14?,15-;/m1./s1. The summed E-state index contributed by atoms with van der Waals surface area (Å²) in [7, 11) is -5.13. The maximum absolute atomic E-state index is 11.4. The number of nitrogens with zero attached hydrogens (tertiary/aromatic N) is 1. The van der Waals surface area contributed by atoms with Crippen LogP contribution in [0.15, 0.2) is 16.8 Å². The van der Waals surface area contributed by atoms with Crippen LogP contribution in [-0.2, 0) is 33.6 Å². The fourth-order valence-electron chi connectivity index (χ4n) is 3.09. The van der Waals surface area contributed by atoms with Gasteiger partial charge in [-0.25, -0.2) is 8.98 Å². The number of carboxylic acids is 1. The van der Waals surface area contributed by atoms with E-state index in [1.165, 1.54) is 0 Å². The van der Waals surface area contributed by atoms with Crippen molar-refractivity contribution in [2.45, 2.75) is 50.0 Å².